The van der Waals surface area contributed by atoms with Gasteiger partial charge >= 0.3 is 0 Å². The van der Waals surface area contributed by atoms with Crippen LogP contribution >= 0.6 is 22.9 Å². The second-order valence-electron chi connectivity index (χ2n) is 4.90. The first-order chi connectivity index (χ1) is 10.6. The van der Waals surface area contributed by atoms with Gasteiger partial charge in [-0.3, -0.25) is 4.79 Å². The minimum Gasteiger partial charge on any atom is -0.387 e. The van der Waals surface area contributed by atoms with Gasteiger partial charge in [0, 0.05) is 6.54 Å². The van der Waals surface area contributed by atoms with E-state index < -0.39 is 6.10 Å². The van der Waals surface area contributed by atoms with E-state index in [1.807, 2.05) is 42.5 Å². The third-order valence-electron chi connectivity index (χ3n) is 3.44. The Morgan fingerprint density at radius 3 is 2.68 bits per heavy atom. The van der Waals surface area contributed by atoms with Gasteiger partial charge in [-0.15, -0.1) is 11.3 Å². The van der Waals surface area contributed by atoms with Crippen molar-refractivity contribution in [1.29, 1.82) is 0 Å². The molecule has 2 aromatic carbocycles. The van der Waals surface area contributed by atoms with Gasteiger partial charge < -0.3 is 10.4 Å². The van der Waals surface area contributed by atoms with Gasteiger partial charge in [-0.05, 0) is 28.5 Å². The fourth-order valence-corrected chi connectivity index (χ4v) is 3.32. The number of carbonyl (C=O) groups excluding carboxylic acids is 1. The number of benzene rings is 2. The fraction of sp³-hybridized carbons (Fsp3) is 0.118. The van der Waals surface area contributed by atoms with Crippen molar-refractivity contribution in [2.45, 2.75) is 6.10 Å². The van der Waals surface area contributed by atoms with E-state index >= 15 is 0 Å². The van der Waals surface area contributed by atoms with Crippen LogP contribution in [0.1, 0.15) is 21.3 Å². The SMILES string of the molecule is O=C(NCC(O)c1cccc2ccccc12)c1ccc(Cl)s1. The second kappa shape index (κ2) is 6.48. The molecule has 3 aromatic rings. The molecule has 0 fully saturated rings. The predicted molar refractivity (Wildman–Crippen MR) is 90.6 cm³/mol. The van der Waals surface area contributed by atoms with Crippen molar-refractivity contribution in [3.63, 3.8) is 0 Å². The third kappa shape index (κ3) is 3.14. The highest BCUT2D eigenvalue weighted by Crippen LogP contribution is 2.24. The summed E-state index contributed by atoms with van der Waals surface area (Å²) in [5, 5.41) is 15.2. The summed E-state index contributed by atoms with van der Waals surface area (Å²) in [6.45, 7) is 0.155. The van der Waals surface area contributed by atoms with Gasteiger partial charge in [-0.2, -0.15) is 0 Å². The van der Waals surface area contributed by atoms with E-state index in [0.29, 0.717) is 9.21 Å². The summed E-state index contributed by atoms with van der Waals surface area (Å²) in [5.41, 5.74) is 0.808. The molecule has 3 nitrogen and oxygen atoms in total. The minimum atomic E-state index is -0.759. The summed E-state index contributed by atoms with van der Waals surface area (Å²) < 4.78 is 0.569. The van der Waals surface area contributed by atoms with Gasteiger partial charge in [-0.25, -0.2) is 0 Å². The molecule has 0 aliphatic carbocycles. The fourth-order valence-electron chi connectivity index (χ4n) is 2.36. The number of amides is 1. The Morgan fingerprint density at radius 1 is 1.14 bits per heavy atom. The van der Waals surface area contributed by atoms with Crippen molar-refractivity contribution < 1.29 is 9.90 Å². The molecule has 0 radical (unpaired) electrons. The maximum atomic E-state index is 12.0. The van der Waals surface area contributed by atoms with Gasteiger partial charge in [0.1, 0.15) is 0 Å². The molecule has 112 valence electrons. The van der Waals surface area contributed by atoms with Crippen molar-refractivity contribution in [3.8, 4) is 0 Å². The number of hydrogen-bond donors (Lipinski definition) is 2. The zero-order valence-corrected chi connectivity index (χ0v) is 13.2. The number of halogens is 1. The molecule has 3 rings (SSSR count). The quantitative estimate of drug-likeness (QED) is 0.758. The van der Waals surface area contributed by atoms with Gasteiger partial charge in [0.15, 0.2) is 0 Å². The Balaban J connectivity index is 1.74. The molecular weight excluding hydrogens is 318 g/mol. The molecule has 0 aliphatic rings. The van der Waals surface area contributed by atoms with Crippen molar-refractivity contribution >= 4 is 39.6 Å². The normalized spacial score (nSPS) is 12.3. The number of rotatable bonds is 4. The largest absolute Gasteiger partial charge is 0.387 e. The highest BCUT2D eigenvalue weighted by atomic mass is 35.5. The molecule has 0 bridgehead atoms. The van der Waals surface area contributed by atoms with Gasteiger partial charge in [0.05, 0.1) is 15.3 Å². The maximum Gasteiger partial charge on any atom is 0.261 e. The first kappa shape index (κ1) is 15.0. The topological polar surface area (TPSA) is 49.3 Å². The number of fused-ring (bicyclic) bond motifs is 1. The van der Waals surface area contributed by atoms with Crippen LogP contribution in [-0.2, 0) is 0 Å². The maximum absolute atomic E-state index is 12.0. The summed E-state index contributed by atoms with van der Waals surface area (Å²) in [5.74, 6) is -0.226. The van der Waals surface area contributed by atoms with Crippen LogP contribution in [0.25, 0.3) is 10.8 Å². The molecule has 2 N–H and O–H groups in total. The van der Waals surface area contributed by atoms with Crippen LogP contribution in [0, 0.1) is 0 Å². The van der Waals surface area contributed by atoms with Crippen molar-refractivity contribution in [3.05, 3.63) is 69.4 Å². The zero-order chi connectivity index (χ0) is 15.5. The molecule has 1 unspecified atom stereocenters. The van der Waals surface area contributed by atoms with E-state index in [9.17, 15) is 9.90 Å². The second-order valence-corrected chi connectivity index (χ2v) is 6.61. The number of hydrogen-bond acceptors (Lipinski definition) is 3. The minimum absolute atomic E-state index is 0.155. The molecule has 0 saturated carbocycles. The van der Waals surface area contributed by atoms with E-state index in [1.54, 1.807) is 12.1 Å². The van der Waals surface area contributed by atoms with E-state index in [1.165, 1.54) is 11.3 Å². The molecule has 1 atom stereocenters. The Hall–Kier alpha value is -1.88. The molecule has 0 aliphatic heterocycles. The Kier molecular flexibility index (Phi) is 4.43. The lowest BCUT2D eigenvalue weighted by Gasteiger charge is -2.14. The number of thiophene rings is 1. The first-order valence-electron chi connectivity index (χ1n) is 6.84. The summed E-state index contributed by atoms with van der Waals surface area (Å²) in [6.07, 6.45) is -0.759. The van der Waals surface area contributed by atoms with Crippen molar-refractivity contribution in [2.75, 3.05) is 6.54 Å². The highest BCUT2D eigenvalue weighted by molar-refractivity contribution is 7.17. The van der Waals surface area contributed by atoms with Gasteiger partial charge in [0.2, 0.25) is 0 Å². The monoisotopic (exact) mass is 331 g/mol. The molecule has 1 aromatic heterocycles. The Labute approximate surface area is 137 Å². The summed E-state index contributed by atoms with van der Waals surface area (Å²) >= 11 is 7.04. The van der Waals surface area contributed by atoms with Gasteiger partial charge in [0.25, 0.3) is 5.91 Å². The van der Waals surface area contributed by atoms with Crippen LogP contribution in [0.2, 0.25) is 4.34 Å². The Morgan fingerprint density at radius 2 is 1.91 bits per heavy atom. The van der Waals surface area contributed by atoms with Crippen LogP contribution in [0.15, 0.2) is 54.6 Å². The van der Waals surface area contributed by atoms with Crippen molar-refractivity contribution in [1.82, 2.24) is 5.32 Å². The summed E-state index contributed by atoms with van der Waals surface area (Å²) in [7, 11) is 0. The Bertz CT molecular complexity index is 810. The van der Waals surface area contributed by atoms with E-state index in [4.69, 9.17) is 11.6 Å². The molecule has 1 amide bonds. The molecule has 1 heterocycles. The summed E-state index contributed by atoms with van der Waals surface area (Å²) in [4.78, 5) is 12.5. The molecule has 22 heavy (non-hydrogen) atoms. The van der Waals surface area contributed by atoms with E-state index in [0.717, 1.165) is 16.3 Å². The zero-order valence-electron chi connectivity index (χ0n) is 11.6. The predicted octanol–water partition coefficient (Wildman–Crippen LogP) is 4.02. The van der Waals surface area contributed by atoms with Crippen LogP contribution in [0.4, 0.5) is 0 Å². The van der Waals surface area contributed by atoms with Crippen LogP contribution in [-0.4, -0.2) is 17.6 Å². The highest BCUT2D eigenvalue weighted by Gasteiger charge is 2.14. The van der Waals surface area contributed by atoms with Crippen LogP contribution in [0.5, 0.6) is 0 Å². The first-order valence-corrected chi connectivity index (χ1v) is 8.04. The third-order valence-corrected chi connectivity index (χ3v) is 4.67. The molecule has 5 heteroatoms. The van der Waals surface area contributed by atoms with Crippen molar-refractivity contribution in [2.24, 2.45) is 0 Å². The van der Waals surface area contributed by atoms with E-state index in [2.05, 4.69) is 5.32 Å². The molecule has 0 spiro atoms. The number of aliphatic hydroxyl groups is 1. The molecular formula is C17H14ClNO2S. The lowest BCUT2D eigenvalue weighted by Crippen LogP contribution is -2.27. The smallest absolute Gasteiger partial charge is 0.261 e. The van der Waals surface area contributed by atoms with Crippen LogP contribution < -0.4 is 5.32 Å². The van der Waals surface area contributed by atoms with Crippen LogP contribution in [0.3, 0.4) is 0 Å². The summed E-state index contributed by atoms with van der Waals surface area (Å²) in [6, 6.07) is 17.0. The average Bonchev–Trinajstić information content (AvgIpc) is 2.98. The lowest BCUT2D eigenvalue weighted by atomic mass is 10.0. The number of aliphatic hydroxyl groups excluding tert-OH is 1. The molecule has 0 saturated heterocycles. The number of nitrogens with one attached hydrogen (secondary N) is 1. The van der Waals surface area contributed by atoms with E-state index in [-0.39, 0.29) is 12.5 Å². The van der Waals surface area contributed by atoms with Gasteiger partial charge in [-0.1, -0.05) is 54.1 Å². The number of carbonyl (C=O) groups is 1. The standard InChI is InChI=1S/C17H14ClNO2S/c18-16-9-8-15(22-16)17(21)19-10-14(20)13-7-3-5-11-4-1-2-6-12(11)13/h1-9,14,20H,10H2,(H,19,21). The lowest BCUT2D eigenvalue weighted by molar-refractivity contribution is 0.0921. The average molecular weight is 332 g/mol.